The van der Waals surface area contributed by atoms with Gasteiger partial charge in [-0.25, -0.2) is 8.78 Å². The highest BCUT2D eigenvalue weighted by Crippen LogP contribution is 2.41. The first-order valence-electron chi connectivity index (χ1n) is 10.1. The zero-order valence-electron chi connectivity index (χ0n) is 18.1. The van der Waals surface area contributed by atoms with E-state index in [1.165, 1.54) is 17.0 Å². The number of hydrogen-bond acceptors (Lipinski definition) is 4. The van der Waals surface area contributed by atoms with Crippen molar-refractivity contribution in [1.82, 2.24) is 10.2 Å². The summed E-state index contributed by atoms with van der Waals surface area (Å²) in [6.45, 7) is 7.98. The molecule has 0 saturated heterocycles. The van der Waals surface area contributed by atoms with Gasteiger partial charge in [-0.1, -0.05) is 26.5 Å². The number of carbonyl (C=O) groups excluding carboxylic acids is 1. The minimum Gasteiger partial charge on any atom is -0.505 e. The number of rotatable bonds is 7. The predicted molar refractivity (Wildman–Crippen MR) is 118 cm³/mol. The number of carbonyl (C=O) groups is 1. The smallest absolute Gasteiger partial charge is 0.257 e. The van der Waals surface area contributed by atoms with Crippen LogP contribution in [0.25, 0.3) is 0 Å². The fourth-order valence-corrected chi connectivity index (χ4v) is 3.62. The van der Waals surface area contributed by atoms with Crippen LogP contribution in [0.4, 0.5) is 14.5 Å². The Kier molecular flexibility index (Phi) is 6.34. The van der Waals surface area contributed by atoms with E-state index >= 15 is 0 Å². The number of phenolic OH excluding ortho intramolecular Hbond substituents is 1. The molecule has 0 aromatic heterocycles. The molecule has 0 aliphatic heterocycles. The zero-order chi connectivity index (χ0) is 22.9. The van der Waals surface area contributed by atoms with Crippen LogP contribution in [0.3, 0.4) is 0 Å². The maximum atomic E-state index is 13.7. The molecular formula is C24H27F2N3O2. The summed E-state index contributed by atoms with van der Waals surface area (Å²) in [6.07, 6.45) is 0.608. The number of nitrogens with zero attached hydrogens (tertiary/aromatic N) is 1. The second-order valence-electron chi connectivity index (χ2n) is 7.87. The van der Waals surface area contributed by atoms with E-state index in [1.54, 1.807) is 32.3 Å². The third-order valence-corrected chi connectivity index (χ3v) is 5.50. The van der Waals surface area contributed by atoms with E-state index in [4.69, 9.17) is 0 Å². The summed E-state index contributed by atoms with van der Waals surface area (Å²) in [5.41, 5.74) is 3.41. The zero-order valence-corrected chi connectivity index (χ0v) is 18.1. The van der Waals surface area contributed by atoms with Crippen LogP contribution in [-0.2, 0) is 0 Å². The van der Waals surface area contributed by atoms with Gasteiger partial charge in [0.05, 0.1) is 23.0 Å². The maximum Gasteiger partial charge on any atom is 0.257 e. The highest BCUT2D eigenvalue weighted by atomic mass is 19.1. The van der Waals surface area contributed by atoms with E-state index in [1.807, 2.05) is 13.8 Å². The molecule has 1 aliphatic rings. The summed E-state index contributed by atoms with van der Waals surface area (Å²) in [5.74, 6) is -1.71. The molecule has 0 radical (unpaired) electrons. The molecule has 2 atom stereocenters. The Hall–Kier alpha value is -3.35. The van der Waals surface area contributed by atoms with Crippen molar-refractivity contribution in [1.29, 1.82) is 0 Å². The third-order valence-electron chi connectivity index (χ3n) is 5.50. The molecule has 0 saturated carbocycles. The van der Waals surface area contributed by atoms with Crippen molar-refractivity contribution < 1.29 is 18.7 Å². The summed E-state index contributed by atoms with van der Waals surface area (Å²) < 4.78 is 27.4. The molecule has 7 heteroatoms. The number of anilines is 1. The van der Waals surface area contributed by atoms with Gasteiger partial charge in [-0.05, 0) is 41.8 Å². The largest absolute Gasteiger partial charge is 0.505 e. The van der Waals surface area contributed by atoms with Gasteiger partial charge in [0, 0.05) is 31.8 Å². The average molecular weight is 427 g/mol. The molecule has 3 rings (SSSR count). The monoisotopic (exact) mass is 427 g/mol. The van der Waals surface area contributed by atoms with Crippen molar-refractivity contribution in [2.24, 2.45) is 5.92 Å². The molecule has 164 valence electrons. The number of nitrogens with one attached hydrogen (secondary N) is 2. The highest BCUT2D eigenvalue weighted by molar-refractivity contribution is 5.98. The van der Waals surface area contributed by atoms with Crippen LogP contribution in [-0.4, -0.2) is 30.0 Å². The Bertz CT molecular complexity index is 1040. The lowest BCUT2D eigenvalue weighted by molar-refractivity contribution is 0.0824. The van der Waals surface area contributed by atoms with E-state index in [0.717, 1.165) is 17.3 Å². The normalized spacial score (nSPS) is 16.6. The SMILES string of the molecule is C=C1C(Nc2cccc(C(=O)N(C)C)c2O)=C(NC(CC)c2cc(F)cc(F)c2)C1C. The molecule has 1 aliphatic carbocycles. The van der Waals surface area contributed by atoms with E-state index in [-0.39, 0.29) is 29.2 Å². The summed E-state index contributed by atoms with van der Waals surface area (Å²) in [4.78, 5) is 13.7. The molecule has 2 aromatic rings. The molecule has 2 aromatic carbocycles. The summed E-state index contributed by atoms with van der Waals surface area (Å²) >= 11 is 0. The molecule has 0 spiro atoms. The van der Waals surface area contributed by atoms with E-state index in [2.05, 4.69) is 17.2 Å². The Labute approximate surface area is 181 Å². The average Bonchev–Trinajstić information content (AvgIpc) is 2.72. The quantitative estimate of drug-likeness (QED) is 0.548. The van der Waals surface area contributed by atoms with Gasteiger partial charge in [0.1, 0.15) is 11.6 Å². The van der Waals surface area contributed by atoms with E-state index in [0.29, 0.717) is 23.4 Å². The number of hydrogen-bond donors (Lipinski definition) is 3. The van der Waals surface area contributed by atoms with Crippen LogP contribution >= 0.6 is 0 Å². The molecule has 3 N–H and O–H groups in total. The van der Waals surface area contributed by atoms with Gasteiger partial charge in [0.2, 0.25) is 0 Å². The fourth-order valence-electron chi connectivity index (χ4n) is 3.62. The van der Waals surface area contributed by atoms with Crippen molar-refractivity contribution in [3.63, 3.8) is 0 Å². The third kappa shape index (κ3) is 4.40. The van der Waals surface area contributed by atoms with Crippen LogP contribution in [0.2, 0.25) is 0 Å². The Balaban J connectivity index is 1.91. The first kappa shape index (κ1) is 22.3. The van der Waals surface area contributed by atoms with Gasteiger partial charge in [-0.15, -0.1) is 0 Å². The number of benzene rings is 2. The lowest BCUT2D eigenvalue weighted by Gasteiger charge is -2.37. The standard InChI is InChI=1S/C24H27F2N3O2/c1-6-19(15-10-16(25)12-17(26)11-15)27-21-13(2)14(3)22(21)28-20-9-7-8-18(23(20)30)24(31)29(4)5/h7-13,19,27-28,30H,3,6H2,1-2,4-5H3. The molecule has 1 amide bonds. The topological polar surface area (TPSA) is 64.6 Å². The minimum absolute atomic E-state index is 0.00342. The van der Waals surface area contributed by atoms with Gasteiger partial charge in [0.15, 0.2) is 5.75 Å². The maximum absolute atomic E-state index is 13.7. The number of amides is 1. The number of allylic oxidation sites excluding steroid dienone is 2. The second-order valence-corrected chi connectivity index (χ2v) is 7.87. The van der Waals surface area contributed by atoms with Gasteiger partial charge in [-0.3, -0.25) is 4.79 Å². The molecule has 0 heterocycles. The van der Waals surface area contributed by atoms with Crippen LogP contribution in [0, 0.1) is 17.6 Å². The molecule has 0 fully saturated rings. The molecule has 2 unspecified atom stereocenters. The van der Waals surface area contributed by atoms with E-state index < -0.39 is 11.6 Å². The lowest BCUT2D eigenvalue weighted by atomic mass is 9.82. The van der Waals surface area contributed by atoms with Gasteiger partial charge in [0.25, 0.3) is 5.91 Å². The first-order chi connectivity index (χ1) is 14.6. The molecule has 0 bridgehead atoms. The predicted octanol–water partition coefficient (Wildman–Crippen LogP) is 4.94. The summed E-state index contributed by atoms with van der Waals surface area (Å²) in [6, 6.07) is 8.09. The van der Waals surface area contributed by atoms with Crippen LogP contribution in [0.15, 0.2) is 59.9 Å². The van der Waals surface area contributed by atoms with Crippen LogP contribution < -0.4 is 10.6 Å². The number of phenols is 1. The molecular weight excluding hydrogens is 400 g/mol. The Morgan fingerprint density at radius 1 is 1.23 bits per heavy atom. The van der Waals surface area contributed by atoms with Crippen molar-refractivity contribution in [3.05, 3.63) is 82.7 Å². The Morgan fingerprint density at radius 3 is 2.45 bits per heavy atom. The lowest BCUT2D eigenvalue weighted by Crippen LogP contribution is -2.35. The van der Waals surface area contributed by atoms with E-state index in [9.17, 15) is 18.7 Å². The molecule has 5 nitrogen and oxygen atoms in total. The first-order valence-corrected chi connectivity index (χ1v) is 10.1. The van der Waals surface area contributed by atoms with Crippen molar-refractivity contribution in [2.45, 2.75) is 26.3 Å². The van der Waals surface area contributed by atoms with Gasteiger partial charge >= 0.3 is 0 Å². The minimum atomic E-state index is -0.624. The number of para-hydroxylation sites is 1. The Morgan fingerprint density at radius 2 is 1.87 bits per heavy atom. The summed E-state index contributed by atoms with van der Waals surface area (Å²) in [5, 5.41) is 17.1. The summed E-state index contributed by atoms with van der Waals surface area (Å²) in [7, 11) is 3.23. The van der Waals surface area contributed by atoms with Crippen LogP contribution in [0.5, 0.6) is 5.75 Å². The second kappa shape index (κ2) is 8.79. The highest BCUT2D eigenvalue weighted by Gasteiger charge is 2.33. The molecule has 31 heavy (non-hydrogen) atoms. The number of aromatic hydroxyl groups is 1. The van der Waals surface area contributed by atoms with Gasteiger partial charge < -0.3 is 20.6 Å². The number of halogens is 2. The fraction of sp³-hybridized carbons (Fsp3) is 0.292. The van der Waals surface area contributed by atoms with Gasteiger partial charge in [-0.2, -0.15) is 0 Å². The van der Waals surface area contributed by atoms with Crippen molar-refractivity contribution in [2.75, 3.05) is 19.4 Å². The van der Waals surface area contributed by atoms with Crippen molar-refractivity contribution >= 4 is 11.6 Å². The van der Waals surface area contributed by atoms with Crippen LogP contribution in [0.1, 0.15) is 42.2 Å². The van der Waals surface area contributed by atoms with Crippen molar-refractivity contribution in [3.8, 4) is 5.75 Å².